The van der Waals surface area contributed by atoms with Crippen LogP contribution in [0.5, 0.6) is 0 Å². The van der Waals surface area contributed by atoms with Crippen LogP contribution in [0.1, 0.15) is 12.0 Å². The van der Waals surface area contributed by atoms with E-state index in [-0.39, 0.29) is 0 Å². The van der Waals surface area contributed by atoms with E-state index in [9.17, 15) is 14.4 Å². The van der Waals surface area contributed by atoms with Gasteiger partial charge < -0.3 is 20.8 Å². The summed E-state index contributed by atoms with van der Waals surface area (Å²) in [7, 11) is 0. The molecule has 7 nitrogen and oxygen atoms in total. The van der Waals surface area contributed by atoms with Gasteiger partial charge in [-0.3, -0.25) is 4.79 Å². The van der Waals surface area contributed by atoms with Crippen LogP contribution >= 0.6 is 15.9 Å². The zero-order valence-corrected chi connectivity index (χ0v) is 12.1. The van der Waals surface area contributed by atoms with E-state index in [1.54, 1.807) is 25.1 Å². The lowest BCUT2D eigenvalue weighted by atomic mass is 10.2. The minimum absolute atomic E-state index is 0.497. The summed E-state index contributed by atoms with van der Waals surface area (Å²) in [4.78, 5) is 33.0. The Morgan fingerprint density at radius 3 is 2.50 bits per heavy atom. The highest BCUT2D eigenvalue weighted by molar-refractivity contribution is 9.10. The lowest BCUT2D eigenvalue weighted by Crippen LogP contribution is -2.44. The normalized spacial score (nSPS) is 11.5. The molecular weight excluding hydrogens is 332 g/mol. The topological polar surface area (TPSA) is 116 Å². The fourth-order valence-corrected chi connectivity index (χ4v) is 1.78. The molecule has 0 aliphatic carbocycles. The van der Waals surface area contributed by atoms with Crippen molar-refractivity contribution in [1.29, 1.82) is 0 Å². The van der Waals surface area contributed by atoms with Crippen molar-refractivity contribution in [3.8, 4) is 0 Å². The highest BCUT2D eigenvalue weighted by Gasteiger charge is 2.23. The first-order valence-corrected chi connectivity index (χ1v) is 6.37. The summed E-state index contributed by atoms with van der Waals surface area (Å²) < 4.78 is 0.749. The molecule has 0 heterocycles. The molecule has 0 spiro atoms. The van der Waals surface area contributed by atoms with Crippen LogP contribution in [0, 0.1) is 6.92 Å². The van der Waals surface area contributed by atoms with Gasteiger partial charge in [-0.15, -0.1) is 0 Å². The average Bonchev–Trinajstić information content (AvgIpc) is 2.32. The third-order valence-electron chi connectivity index (χ3n) is 2.43. The number of benzene rings is 1. The first-order valence-electron chi connectivity index (χ1n) is 5.58. The lowest BCUT2D eigenvalue weighted by Gasteiger charge is -2.14. The molecule has 0 aromatic heterocycles. The molecule has 0 saturated carbocycles. The summed E-state index contributed by atoms with van der Waals surface area (Å²) in [6.07, 6.45) is -0.694. The number of aliphatic carboxylic acids is 2. The minimum atomic E-state index is -1.49. The predicted molar refractivity (Wildman–Crippen MR) is 74.7 cm³/mol. The Morgan fingerprint density at radius 1 is 1.30 bits per heavy atom. The molecule has 1 aromatic carbocycles. The maximum atomic E-state index is 11.7. The molecule has 108 valence electrons. The van der Waals surface area contributed by atoms with Crippen LogP contribution in [0.15, 0.2) is 22.7 Å². The third-order valence-corrected chi connectivity index (χ3v) is 2.92. The summed E-state index contributed by atoms with van der Waals surface area (Å²) in [5.41, 5.74) is 1.28. The molecule has 0 saturated heterocycles. The van der Waals surface area contributed by atoms with E-state index in [1.807, 2.05) is 0 Å². The highest BCUT2D eigenvalue weighted by Crippen LogP contribution is 2.20. The van der Waals surface area contributed by atoms with Gasteiger partial charge in [0.25, 0.3) is 0 Å². The minimum Gasteiger partial charge on any atom is -0.481 e. The molecule has 20 heavy (non-hydrogen) atoms. The van der Waals surface area contributed by atoms with E-state index in [0.717, 1.165) is 10.0 Å². The van der Waals surface area contributed by atoms with Crippen molar-refractivity contribution in [1.82, 2.24) is 5.32 Å². The van der Waals surface area contributed by atoms with Gasteiger partial charge in [0.05, 0.1) is 6.42 Å². The van der Waals surface area contributed by atoms with E-state index in [1.165, 1.54) is 0 Å². The Kier molecular flexibility index (Phi) is 5.51. The van der Waals surface area contributed by atoms with Crippen LogP contribution in [-0.2, 0) is 9.59 Å². The molecule has 1 rings (SSSR count). The summed E-state index contributed by atoms with van der Waals surface area (Å²) in [5, 5.41) is 22.0. The second kappa shape index (κ2) is 6.90. The molecule has 0 aliphatic heterocycles. The summed E-state index contributed by atoms with van der Waals surface area (Å²) >= 11 is 3.25. The Balaban J connectivity index is 2.72. The third kappa shape index (κ3) is 4.88. The number of carbonyl (C=O) groups is 3. The molecule has 0 radical (unpaired) electrons. The van der Waals surface area contributed by atoms with Crippen LogP contribution in [0.2, 0.25) is 0 Å². The molecule has 1 aromatic rings. The van der Waals surface area contributed by atoms with Gasteiger partial charge in [-0.25, -0.2) is 9.59 Å². The zero-order chi connectivity index (χ0) is 15.3. The van der Waals surface area contributed by atoms with E-state index >= 15 is 0 Å². The Bertz CT molecular complexity index is 547. The quantitative estimate of drug-likeness (QED) is 0.650. The smallest absolute Gasteiger partial charge is 0.326 e. The molecule has 1 unspecified atom stereocenters. The van der Waals surface area contributed by atoms with E-state index in [0.29, 0.717) is 5.69 Å². The molecule has 0 fully saturated rings. The average molecular weight is 345 g/mol. The Morgan fingerprint density at radius 2 is 1.95 bits per heavy atom. The van der Waals surface area contributed by atoms with E-state index in [4.69, 9.17) is 10.2 Å². The van der Waals surface area contributed by atoms with Gasteiger partial charge in [0.2, 0.25) is 0 Å². The van der Waals surface area contributed by atoms with Crippen LogP contribution in [-0.4, -0.2) is 34.2 Å². The number of carboxylic acid groups (broad SMARTS) is 2. The number of nitrogens with one attached hydrogen (secondary N) is 2. The van der Waals surface area contributed by atoms with E-state index in [2.05, 4.69) is 26.6 Å². The van der Waals surface area contributed by atoms with Crippen LogP contribution in [0.25, 0.3) is 0 Å². The number of hydrogen-bond donors (Lipinski definition) is 4. The number of carboxylic acids is 2. The number of carbonyl (C=O) groups excluding carboxylic acids is 1. The number of halogens is 1. The van der Waals surface area contributed by atoms with Crippen molar-refractivity contribution in [2.45, 2.75) is 19.4 Å². The summed E-state index contributed by atoms with van der Waals surface area (Å²) in [6.45, 7) is 1.77. The Hall–Kier alpha value is -2.09. The SMILES string of the molecule is Cc1ccc(Br)cc1NC(=O)NC(CC(=O)O)C(=O)O. The van der Waals surface area contributed by atoms with Crippen LogP contribution in [0.3, 0.4) is 0 Å². The summed E-state index contributed by atoms with van der Waals surface area (Å²) in [5.74, 6) is -2.72. The number of hydrogen-bond acceptors (Lipinski definition) is 3. The second-order valence-corrected chi connectivity index (χ2v) is 4.96. The van der Waals surface area contributed by atoms with Gasteiger partial charge in [0, 0.05) is 10.2 Å². The van der Waals surface area contributed by atoms with Crippen molar-refractivity contribution in [2.75, 3.05) is 5.32 Å². The highest BCUT2D eigenvalue weighted by atomic mass is 79.9. The molecule has 0 bridgehead atoms. The van der Waals surface area contributed by atoms with E-state index < -0.39 is 30.4 Å². The predicted octanol–water partition coefficient (Wildman–Crippen LogP) is 1.81. The first kappa shape index (κ1) is 16.0. The van der Waals surface area contributed by atoms with Crippen molar-refractivity contribution < 1.29 is 24.6 Å². The molecule has 4 N–H and O–H groups in total. The molecule has 2 amide bonds. The first-order chi connectivity index (χ1) is 9.29. The van der Waals surface area contributed by atoms with Crippen LogP contribution < -0.4 is 10.6 Å². The molecule has 8 heteroatoms. The zero-order valence-electron chi connectivity index (χ0n) is 10.5. The maximum Gasteiger partial charge on any atom is 0.326 e. The van der Waals surface area contributed by atoms with Crippen molar-refractivity contribution in [2.24, 2.45) is 0 Å². The molecular formula is C12H13BrN2O5. The second-order valence-electron chi connectivity index (χ2n) is 4.05. The standard InChI is InChI=1S/C12H13BrN2O5/c1-6-2-3-7(13)4-8(6)14-12(20)15-9(11(18)19)5-10(16)17/h2-4,9H,5H2,1H3,(H,16,17)(H,18,19)(H2,14,15,20). The monoisotopic (exact) mass is 344 g/mol. The summed E-state index contributed by atoms with van der Waals surface area (Å²) in [6, 6.07) is 2.95. The Labute approximate surface area is 123 Å². The van der Waals surface area contributed by atoms with Gasteiger partial charge in [-0.2, -0.15) is 0 Å². The van der Waals surface area contributed by atoms with Gasteiger partial charge in [0.15, 0.2) is 0 Å². The molecule has 0 aliphatic rings. The van der Waals surface area contributed by atoms with Crippen molar-refractivity contribution >= 4 is 39.6 Å². The van der Waals surface area contributed by atoms with Gasteiger partial charge in [-0.1, -0.05) is 22.0 Å². The van der Waals surface area contributed by atoms with Crippen molar-refractivity contribution in [3.05, 3.63) is 28.2 Å². The fourth-order valence-electron chi connectivity index (χ4n) is 1.42. The van der Waals surface area contributed by atoms with Gasteiger partial charge in [-0.05, 0) is 24.6 Å². The largest absolute Gasteiger partial charge is 0.481 e. The number of amides is 2. The van der Waals surface area contributed by atoms with Crippen LogP contribution in [0.4, 0.5) is 10.5 Å². The number of urea groups is 1. The maximum absolute atomic E-state index is 11.7. The number of anilines is 1. The fraction of sp³-hybridized carbons (Fsp3) is 0.250. The van der Waals surface area contributed by atoms with Crippen molar-refractivity contribution in [3.63, 3.8) is 0 Å². The molecule has 1 atom stereocenters. The van der Waals surface area contributed by atoms with Gasteiger partial charge in [0.1, 0.15) is 6.04 Å². The number of rotatable bonds is 5. The lowest BCUT2D eigenvalue weighted by molar-refractivity contribution is -0.145. The number of aryl methyl sites for hydroxylation is 1. The van der Waals surface area contributed by atoms with Gasteiger partial charge >= 0.3 is 18.0 Å².